The molecule has 0 unspecified atom stereocenters. The fraction of sp³-hybridized carbons (Fsp3) is 0.176. The molecule has 0 spiro atoms. The molecular formula is C17H18ClN3O2. The molecule has 1 amide bonds. The highest BCUT2D eigenvalue weighted by atomic mass is 35.5. The second-order valence-electron chi connectivity index (χ2n) is 4.88. The largest absolute Gasteiger partial charge is 0.497 e. The molecule has 0 aliphatic rings. The molecule has 23 heavy (non-hydrogen) atoms. The van der Waals surface area contributed by atoms with Crippen LogP contribution in [0.2, 0.25) is 5.02 Å². The molecule has 0 radical (unpaired) electrons. The van der Waals surface area contributed by atoms with Crippen LogP contribution < -0.4 is 15.5 Å². The van der Waals surface area contributed by atoms with Crippen molar-refractivity contribution in [3.63, 3.8) is 0 Å². The van der Waals surface area contributed by atoms with Gasteiger partial charge in [-0.25, -0.2) is 5.43 Å². The van der Waals surface area contributed by atoms with E-state index in [9.17, 15) is 4.79 Å². The second-order valence-corrected chi connectivity index (χ2v) is 5.32. The Labute approximate surface area is 140 Å². The number of carbonyl (C=O) groups is 1. The minimum Gasteiger partial charge on any atom is -0.497 e. The quantitative estimate of drug-likeness (QED) is 0.631. The van der Waals surface area contributed by atoms with Crippen molar-refractivity contribution < 1.29 is 9.53 Å². The van der Waals surface area contributed by atoms with E-state index in [1.54, 1.807) is 19.4 Å². The highest BCUT2D eigenvalue weighted by Crippen LogP contribution is 2.19. The first-order valence-electron chi connectivity index (χ1n) is 7.04. The van der Waals surface area contributed by atoms with E-state index in [1.165, 1.54) is 0 Å². The Kier molecular flexibility index (Phi) is 6.00. The number of carbonyl (C=O) groups excluding carboxylic acids is 1. The molecule has 5 nitrogen and oxygen atoms in total. The molecule has 0 saturated heterocycles. The van der Waals surface area contributed by atoms with Crippen molar-refractivity contribution in [2.75, 3.05) is 19.0 Å². The number of halogens is 1. The number of ether oxygens (including phenoxy) is 1. The van der Waals surface area contributed by atoms with E-state index >= 15 is 0 Å². The topological polar surface area (TPSA) is 62.7 Å². The van der Waals surface area contributed by atoms with Crippen molar-refractivity contribution in [2.45, 2.75) is 6.92 Å². The smallest absolute Gasteiger partial charge is 0.259 e. The summed E-state index contributed by atoms with van der Waals surface area (Å²) in [6, 6.07) is 12.8. The number of methoxy groups -OCH3 is 1. The van der Waals surface area contributed by atoms with Crippen LogP contribution in [0.3, 0.4) is 0 Å². The first kappa shape index (κ1) is 16.8. The van der Waals surface area contributed by atoms with E-state index in [0.29, 0.717) is 5.02 Å². The Morgan fingerprint density at radius 2 is 2.00 bits per heavy atom. The summed E-state index contributed by atoms with van der Waals surface area (Å²) in [6.45, 7) is 2.05. The monoisotopic (exact) mass is 331 g/mol. The standard InChI is InChI=1S/C17H18ClN3O2/c1-12-9-14(18)5-8-16(12)19-11-17(22)21-20-10-13-3-6-15(23-2)7-4-13/h3-10,19H,11H2,1-2H3,(H,21,22)/b20-10+. The molecule has 2 N–H and O–H groups in total. The fourth-order valence-corrected chi connectivity index (χ4v) is 2.14. The van der Waals surface area contributed by atoms with Gasteiger partial charge >= 0.3 is 0 Å². The van der Waals surface area contributed by atoms with Gasteiger partial charge in [-0.05, 0) is 60.5 Å². The molecule has 0 bridgehead atoms. The molecule has 2 aromatic rings. The van der Waals surface area contributed by atoms with Crippen LogP contribution in [0.15, 0.2) is 47.6 Å². The molecule has 2 aromatic carbocycles. The van der Waals surface area contributed by atoms with E-state index in [1.807, 2.05) is 43.3 Å². The first-order chi connectivity index (χ1) is 11.1. The molecule has 0 saturated carbocycles. The van der Waals surface area contributed by atoms with Crippen LogP contribution in [-0.4, -0.2) is 25.8 Å². The van der Waals surface area contributed by atoms with Gasteiger partial charge in [0.25, 0.3) is 5.91 Å². The summed E-state index contributed by atoms with van der Waals surface area (Å²) >= 11 is 5.89. The summed E-state index contributed by atoms with van der Waals surface area (Å²) in [6.07, 6.45) is 1.57. The molecular weight excluding hydrogens is 314 g/mol. The van der Waals surface area contributed by atoms with Crippen molar-refractivity contribution in [1.82, 2.24) is 5.43 Å². The second kappa shape index (κ2) is 8.19. The van der Waals surface area contributed by atoms with E-state index in [0.717, 1.165) is 22.6 Å². The van der Waals surface area contributed by atoms with Crippen LogP contribution in [0.25, 0.3) is 0 Å². The molecule has 2 rings (SSSR count). The van der Waals surface area contributed by atoms with E-state index in [4.69, 9.17) is 16.3 Å². The lowest BCUT2D eigenvalue weighted by Gasteiger charge is -2.08. The molecule has 0 fully saturated rings. The summed E-state index contributed by atoms with van der Waals surface area (Å²) in [7, 11) is 1.61. The molecule has 120 valence electrons. The lowest BCUT2D eigenvalue weighted by atomic mass is 10.2. The van der Waals surface area contributed by atoms with Crippen LogP contribution in [0, 0.1) is 6.92 Å². The molecule has 0 aliphatic heterocycles. The lowest BCUT2D eigenvalue weighted by molar-refractivity contribution is -0.119. The fourth-order valence-electron chi connectivity index (χ4n) is 1.91. The Bertz CT molecular complexity index is 699. The predicted molar refractivity (Wildman–Crippen MR) is 93.4 cm³/mol. The number of amides is 1. The maximum absolute atomic E-state index is 11.8. The van der Waals surface area contributed by atoms with Gasteiger partial charge in [-0.1, -0.05) is 11.6 Å². The highest BCUT2D eigenvalue weighted by molar-refractivity contribution is 6.30. The third-order valence-corrected chi connectivity index (χ3v) is 3.38. The third-order valence-electron chi connectivity index (χ3n) is 3.15. The van der Waals surface area contributed by atoms with Gasteiger partial charge in [-0.3, -0.25) is 4.79 Å². The molecule has 0 heterocycles. The summed E-state index contributed by atoms with van der Waals surface area (Å²) in [5.41, 5.74) is 5.18. The zero-order valence-corrected chi connectivity index (χ0v) is 13.7. The van der Waals surface area contributed by atoms with Gasteiger partial charge in [-0.2, -0.15) is 5.10 Å². The van der Waals surface area contributed by atoms with E-state index in [2.05, 4.69) is 15.8 Å². The number of nitrogens with one attached hydrogen (secondary N) is 2. The van der Waals surface area contributed by atoms with Gasteiger partial charge in [0.1, 0.15) is 5.75 Å². The molecule has 0 atom stereocenters. The average molecular weight is 332 g/mol. The van der Waals surface area contributed by atoms with Gasteiger partial charge in [0.15, 0.2) is 0 Å². The number of rotatable bonds is 6. The van der Waals surface area contributed by atoms with Gasteiger partial charge in [0.2, 0.25) is 0 Å². The zero-order valence-electron chi connectivity index (χ0n) is 13.0. The first-order valence-corrected chi connectivity index (χ1v) is 7.42. The Morgan fingerprint density at radius 1 is 1.26 bits per heavy atom. The van der Waals surface area contributed by atoms with Gasteiger partial charge in [0, 0.05) is 10.7 Å². The van der Waals surface area contributed by atoms with Crippen LogP contribution in [0.1, 0.15) is 11.1 Å². The Morgan fingerprint density at radius 3 is 2.65 bits per heavy atom. The van der Waals surface area contributed by atoms with Gasteiger partial charge in [0.05, 0.1) is 19.9 Å². The maximum atomic E-state index is 11.8. The van der Waals surface area contributed by atoms with Crippen molar-refractivity contribution in [2.24, 2.45) is 5.10 Å². The van der Waals surface area contributed by atoms with Gasteiger partial charge < -0.3 is 10.1 Å². The minimum atomic E-state index is -0.232. The maximum Gasteiger partial charge on any atom is 0.259 e. The summed E-state index contributed by atoms with van der Waals surface area (Å²) in [5.74, 6) is 0.540. The van der Waals surface area contributed by atoms with Crippen molar-refractivity contribution in [3.8, 4) is 5.75 Å². The molecule has 0 aromatic heterocycles. The van der Waals surface area contributed by atoms with Crippen molar-refractivity contribution >= 4 is 29.4 Å². The van der Waals surface area contributed by atoms with E-state index in [-0.39, 0.29) is 12.5 Å². The normalized spacial score (nSPS) is 10.6. The zero-order chi connectivity index (χ0) is 16.7. The number of benzene rings is 2. The number of aryl methyl sites for hydroxylation is 1. The Balaban J connectivity index is 1.81. The van der Waals surface area contributed by atoms with Crippen LogP contribution in [-0.2, 0) is 4.79 Å². The van der Waals surface area contributed by atoms with Crippen molar-refractivity contribution in [3.05, 3.63) is 58.6 Å². The number of anilines is 1. The highest BCUT2D eigenvalue weighted by Gasteiger charge is 2.02. The number of hydrazone groups is 1. The minimum absolute atomic E-state index is 0.127. The summed E-state index contributed by atoms with van der Waals surface area (Å²) in [5, 5.41) is 7.63. The SMILES string of the molecule is COc1ccc(/C=N/NC(=O)CNc2ccc(Cl)cc2C)cc1. The van der Waals surface area contributed by atoms with Crippen LogP contribution >= 0.6 is 11.6 Å². The van der Waals surface area contributed by atoms with Crippen LogP contribution in [0.5, 0.6) is 5.75 Å². The molecule has 0 aliphatic carbocycles. The average Bonchev–Trinajstić information content (AvgIpc) is 2.54. The molecule has 6 heteroatoms. The van der Waals surface area contributed by atoms with E-state index < -0.39 is 0 Å². The summed E-state index contributed by atoms with van der Waals surface area (Å²) < 4.78 is 5.07. The number of hydrogen-bond acceptors (Lipinski definition) is 4. The van der Waals surface area contributed by atoms with Crippen molar-refractivity contribution in [1.29, 1.82) is 0 Å². The van der Waals surface area contributed by atoms with Crippen LogP contribution in [0.4, 0.5) is 5.69 Å². The predicted octanol–water partition coefficient (Wildman–Crippen LogP) is 3.22. The summed E-state index contributed by atoms with van der Waals surface area (Å²) in [4.78, 5) is 11.8. The third kappa shape index (κ3) is 5.30. The number of nitrogens with zero attached hydrogens (tertiary/aromatic N) is 1. The Hall–Kier alpha value is -2.53. The van der Waals surface area contributed by atoms with Gasteiger partial charge in [-0.15, -0.1) is 0 Å². The number of hydrogen-bond donors (Lipinski definition) is 2. The lowest BCUT2D eigenvalue weighted by Crippen LogP contribution is -2.26.